The van der Waals surface area contributed by atoms with E-state index in [9.17, 15) is 0 Å². The zero-order chi connectivity index (χ0) is 19.9. The monoisotopic (exact) mass is 371 g/mol. The second-order valence-corrected chi connectivity index (χ2v) is 6.75. The molecule has 2 rings (SSSR count). The summed E-state index contributed by atoms with van der Waals surface area (Å²) >= 11 is 0. The number of hydrogen-bond donors (Lipinski definition) is 4. The Hall–Kier alpha value is -2.40. The Morgan fingerprint density at radius 1 is 0.704 bits per heavy atom. The van der Waals surface area contributed by atoms with Gasteiger partial charge in [0, 0.05) is 35.8 Å². The van der Waals surface area contributed by atoms with Gasteiger partial charge in [-0.15, -0.1) is 0 Å². The Morgan fingerprint density at radius 3 is 1.63 bits per heavy atom. The van der Waals surface area contributed by atoms with Gasteiger partial charge in [0.05, 0.1) is 0 Å². The molecule has 0 saturated carbocycles. The molecule has 0 aromatic heterocycles. The first-order valence-electron chi connectivity index (χ1n) is 9.92. The van der Waals surface area contributed by atoms with E-state index >= 15 is 0 Å². The molecule has 0 spiro atoms. The fraction of sp³-hybridized carbons (Fsp3) is 0.455. The molecule has 0 unspecified atom stereocenters. The molecule has 150 valence electrons. The zero-order valence-electron chi connectivity index (χ0n) is 17.2. The highest BCUT2D eigenvalue weighted by Crippen LogP contribution is 2.10. The Morgan fingerprint density at radius 2 is 1.19 bits per heavy atom. The first-order valence-corrected chi connectivity index (χ1v) is 9.92. The highest BCUT2D eigenvalue weighted by Gasteiger charge is 1.96. The van der Waals surface area contributed by atoms with Gasteiger partial charge in [-0.25, -0.2) is 0 Å². The first kappa shape index (κ1) is 22.6. The number of anilines is 4. The second-order valence-electron chi connectivity index (χ2n) is 6.75. The van der Waals surface area contributed by atoms with Gasteiger partial charge in [0.15, 0.2) is 0 Å². The molecule has 2 aromatic carbocycles. The molecule has 0 fully saturated rings. The number of hydrogen-bond acceptors (Lipinski definition) is 5. The summed E-state index contributed by atoms with van der Waals surface area (Å²) < 4.78 is 0. The van der Waals surface area contributed by atoms with Crippen molar-refractivity contribution in [3.8, 4) is 0 Å². The average molecular weight is 372 g/mol. The summed E-state index contributed by atoms with van der Waals surface area (Å²) in [6.45, 7) is 8.72. The minimum atomic E-state index is 0.812. The van der Waals surface area contributed by atoms with Crippen LogP contribution in [0.25, 0.3) is 0 Å². The second kappa shape index (κ2) is 13.8. The summed E-state index contributed by atoms with van der Waals surface area (Å²) in [6, 6.07) is 15.7. The van der Waals surface area contributed by atoms with E-state index in [0.717, 1.165) is 48.8 Å². The predicted octanol–water partition coefficient (Wildman–Crippen LogP) is 4.50. The summed E-state index contributed by atoms with van der Waals surface area (Å²) in [6.07, 6.45) is 3.53. The molecule has 2 aromatic rings. The third kappa shape index (κ3) is 11.0. The number of rotatable bonds is 10. The maximum absolute atomic E-state index is 5.62. The van der Waals surface area contributed by atoms with E-state index in [1.165, 1.54) is 19.4 Å². The minimum Gasteiger partial charge on any atom is -0.399 e. The van der Waals surface area contributed by atoms with Gasteiger partial charge in [-0.05, 0) is 87.9 Å². The van der Waals surface area contributed by atoms with Crippen molar-refractivity contribution in [3.05, 3.63) is 48.5 Å². The van der Waals surface area contributed by atoms with Crippen molar-refractivity contribution in [2.45, 2.75) is 33.1 Å². The Bertz CT molecular complexity index is 595. The van der Waals surface area contributed by atoms with Crippen molar-refractivity contribution < 1.29 is 0 Å². The van der Waals surface area contributed by atoms with Crippen LogP contribution in [0.15, 0.2) is 48.5 Å². The Labute approximate surface area is 165 Å². The van der Waals surface area contributed by atoms with E-state index in [-0.39, 0.29) is 0 Å². The molecule has 0 aliphatic carbocycles. The van der Waals surface area contributed by atoms with Crippen molar-refractivity contribution in [3.63, 3.8) is 0 Å². The lowest BCUT2D eigenvalue weighted by Gasteiger charge is -2.15. The fourth-order valence-electron chi connectivity index (χ4n) is 2.55. The normalized spacial score (nSPS) is 10.2. The molecule has 5 heteroatoms. The van der Waals surface area contributed by atoms with Gasteiger partial charge in [-0.1, -0.05) is 13.8 Å². The van der Waals surface area contributed by atoms with Crippen LogP contribution in [0.5, 0.6) is 0 Å². The number of nitrogens with zero attached hydrogens (tertiary/aromatic N) is 1. The van der Waals surface area contributed by atoms with Gasteiger partial charge < -0.3 is 27.0 Å². The average Bonchev–Trinajstić information content (AvgIpc) is 2.67. The molecule has 27 heavy (non-hydrogen) atoms. The van der Waals surface area contributed by atoms with Gasteiger partial charge in [-0.3, -0.25) is 0 Å². The van der Waals surface area contributed by atoms with Crippen molar-refractivity contribution >= 4 is 22.7 Å². The van der Waals surface area contributed by atoms with Crippen molar-refractivity contribution in [2.75, 3.05) is 55.3 Å². The summed E-state index contributed by atoms with van der Waals surface area (Å²) in [7, 11) is 2.17. The smallest absolute Gasteiger partial charge is 0.0341 e. The van der Waals surface area contributed by atoms with Crippen LogP contribution in [0, 0.1) is 0 Å². The molecule has 0 aliphatic heterocycles. The molecule has 0 bridgehead atoms. The third-order valence-electron chi connectivity index (χ3n) is 4.05. The van der Waals surface area contributed by atoms with E-state index in [4.69, 9.17) is 11.5 Å². The van der Waals surface area contributed by atoms with Gasteiger partial charge >= 0.3 is 0 Å². The fourth-order valence-corrected chi connectivity index (χ4v) is 2.55. The zero-order valence-corrected chi connectivity index (χ0v) is 17.2. The summed E-state index contributed by atoms with van der Waals surface area (Å²) in [5.41, 5.74) is 15.1. The van der Waals surface area contributed by atoms with Gasteiger partial charge in [-0.2, -0.15) is 0 Å². The van der Waals surface area contributed by atoms with Crippen LogP contribution in [0.1, 0.15) is 33.1 Å². The summed E-state index contributed by atoms with van der Waals surface area (Å²) in [4.78, 5) is 2.37. The highest BCUT2D eigenvalue weighted by atomic mass is 15.1. The van der Waals surface area contributed by atoms with Gasteiger partial charge in [0.25, 0.3) is 0 Å². The van der Waals surface area contributed by atoms with Crippen molar-refractivity contribution in [1.29, 1.82) is 0 Å². The van der Waals surface area contributed by atoms with Crippen molar-refractivity contribution in [2.24, 2.45) is 0 Å². The third-order valence-corrected chi connectivity index (χ3v) is 4.05. The Kier molecular flexibility index (Phi) is 11.5. The maximum atomic E-state index is 5.62. The van der Waals surface area contributed by atoms with Crippen LogP contribution < -0.4 is 22.1 Å². The lowest BCUT2D eigenvalue weighted by molar-refractivity contribution is 0.333. The number of nitrogen functional groups attached to an aromatic ring is 2. The van der Waals surface area contributed by atoms with Crippen LogP contribution in [-0.4, -0.2) is 38.1 Å². The SMILES string of the molecule is CCCN(C)CCCNc1ccc(N)cc1.CCCNc1ccc(N)cc1. The molecule has 0 saturated heterocycles. The molecule has 0 radical (unpaired) electrons. The van der Waals surface area contributed by atoms with Gasteiger partial charge in [0.1, 0.15) is 0 Å². The van der Waals surface area contributed by atoms with E-state index in [1.54, 1.807) is 0 Å². The van der Waals surface area contributed by atoms with Crippen LogP contribution in [0.4, 0.5) is 22.7 Å². The van der Waals surface area contributed by atoms with Crippen LogP contribution >= 0.6 is 0 Å². The van der Waals surface area contributed by atoms with Crippen LogP contribution in [0.3, 0.4) is 0 Å². The maximum Gasteiger partial charge on any atom is 0.0341 e. The highest BCUT2D eigenvalue weighted by molar-refractivity contribution is 5.51. The molecule has 0 amide bonds. The largest absolute Gasteiger partial charge is 0.399 e. The number of nitrogens with one attached hydrogen (secondary N) is 2. The summed E-state index contributed by atoms with van der Waals surface area (Å²) in [5.74, 6) is 0. The Balaban J connectivity index is 0.000000289. The summed E-state index contributed by atoms with van der Waals surface area (Å²) in [5, 5.41) is 6.65. The lowest BCUT2D eigenvalue weighted by atomic mass is 10.3. The predicted molar refractivity (Wildman–Crippen MR) is 121 cm³/mol. The molecule has 6 N–H and O–H groups in total. The molecule has 0 atom stereocenters. The van der Waals surface area contributed by atoms with Crippen LogP contribution in [-0.2, 0) is 0 Å². The van der Waals surface area contributed by atoms with Crippen molar-refractivity contribution in [1.82, 2.24) is 4.90 Å². The molecule has 0 aliphatic rings. The number of benzene rings is 2. The first-order chi connectivity index (χ1) is 13.0. The van der Waals surface area contributed by atoms with Gasteiger partial charge in [0.2, 0.25) is 0 Å². The lowest BCUT2D eigenvalue weighted by Crippen LogP contribution is -2.22. The minimum absolute atomic E-state index is 0.812. The van der Waals surface area contributed by atoms with Crippen LogP contribution in [0.2, 0.25) is 0 Å². The molecule has 0 heterocycles. The standard InChI is InChI=1S/C13H23N3.C9H14N2/c1-3-10-16(2)11-4-9-15-13-7-5-12(14)6-8-13;1-2-7-11-9-5-3-8(10)4-6-9/h5-8,15H,3-4,9-11,14H2,1-2H3;3-6,11H,2,7,10H2,1H3. The van der Waals surface area contributed by atoms with E-state index < -0.39 is 0 Å². The quantitative estimate of drug-likeness (QED) is 0.365. The van der Waals surface area contributed by atoms with E-state index in [0.29, 0.717) is 0 Å². The molecular weight excluding hydrogens is 334 g/mol. The molecule has 5 nitrogen and oxygen atoms in total. The van der Waals surface area contributed by atoms with E-state index in [1.807, 2.05) is 48.5 Å². The molecular formula is C22H37N5. The van der Waals surface area contributed by atoms with E-state index in [2.05, 4.69) is 36.4 Å². The topological polar surface area (TPSA) is 79.3 Å². The number of nitrogens with two attached hydrogens (primary N) is 2.